The summed E-state index contributed by atoms with van der Waals surface area (Å²) in [6.45, 7) is 1.01. The van der Waals surface area contributed by atoms with E-state index in [4.69, 9.17) is 16.3 Å². The van der Waals surface area contributed by atoms with Crippen molar-refractivity contribution >= 4 is 34.4 Å². The molecule has 1 aliphatic heterocycles. The number of methoxy groups -OCH3 is 1. The van der Waals surface area contributed by atoms with E-state index in [1.807, 2.05) is 12.1 Å². The van der Waals surface area contributed by atoms with Crippen LogP contribution in [0.15, 0.2) is 18.2 Å². The smallest absolute Gasteiger partial charge is 0.124 e. The van der Waals surface area contributed by atoms with Gasteiger partial charge in [-0.25, -0.2) is 4.98 Å². The summed E-state index contributed by atoms with van der Waals surface area (Å²) in [6, 6.07) is 6.06. The van der Waals surface area contributed by atoms with E-state index in [0.29, 0.717) is 11.1 Å². The largest absolute Gasteiger partial charge is 0.497 e. The third-order valence-corrected chi connectivity index (χ3v) is 5.43. The predicted octanol–water partition coefficient (Wildman–Crippen LogP) is 4.07. The molecule has 1 saturated heterocycles. The number of rotatable bonds is 4. The minimum absolute atomic E-state index is 0.453. The SMILES string of the molecule is COc1ccc2c(c1)nc(CCl)n2CC1CCCCS1. The predicted molar refractivity (Wildman–Crippen MR) is 85.9 cm³/mol. The molecule has 2 aromatic rings. The highest BCUT2D eigenvalue weighted by atomic mass is 35.5. The molecule has 1 unspecified atom stereocenters. The lowest BCUT2D eigenvalue weighted by atomic mass is 10.2. The van der Waals surface area contributed by atoms with Crippen LogP contribution >= 0.6 is 23.4 Å². The molecular formula is C15H19ClN2OS. The van der Waals surface area contributed by atoms with Crippen LogP contribution in [0.3, 0.4) is 0 Å². The zero-order valence-corrected chi connectivity index (χ0v) is 13.2. The average molecular weight is 311 g/mol. The number of benzene rings is 1. The molecule has 0 aliphatic carbocycles. The lowest BCUT2D eigenvalue weighted by Crippen LogP contribution is -2.18. The van der Waals surface area contributed by atoms with Crippen molar-refractivity contribution in [1.82, 2.24) is 9.55 Å². The molecule has 0 radical (unpaired) electrons. The Bertz CT molecular complexity index is 593. The molecule has 1 fully saturated rings. The molecule has 2 heterocycles. The Morgan fingerprint density at radius 2 is 2.35 bits per heavy atom. The highest BCUT2D eigenvalue weighted by Gasteiger charge is 2.18. The second-order valence-electron chi connectivity index (χ2n) is 5.12. The molecule has 1 aromatic heterocycles. The number of hydrogen-bond acceptors (Lipinski definition) is 3. The van der Waals surface area contributed by atoms with Crippen molar-refractivity contribution < 1.29 is 4.74 Å². The van der Waals surface area contributed by atoms with Crippen molar-refractivity contribution in [3.63, 3.8) is 0 Å². The van der Waals surface area contributed by atoms with Gasteiger partial charge in [0.05, 0.1) is 24.0 Å². The van der Waals surface area contributed by atoms with Gasteiger partial charge in [-0.3, -0.25) is 0 Å². The highest BCUT2D eigenvalue weighted by Crippen LogP contribution is 2.29. The second-order valence-corrected chi connectivity index (χ2v) is 6.79. The van der Waals surface area contributed by atoms with Gasteiger partial charge in [0, 0.05) is 17.9 Å². The van der Waals surface area contributed by atoms with Gasteiger partial charge < -0.3 is 9.30 Å². The summed E-state index contributed by atoms with van der Waals surface area (Å²) < 4.78 is 7.55. The van der Waals surface area contributed by atoms with E-state index in [1.165, 1.54) is 25.0 Å². The molecule has 1 aromatic carbocycles. The van der Waals surface area contributed by atoms with Crippen LogP contribution in [0.5, 0.6) is 5.75 Å². The number of aromatic nitrogens is 2. The molecule has 1 atom stereocenters. The van der Waals surface area contributed by atoms with Crippen LogP contribution in [0.25, 0.3) is 11.0 Å². The molecule has 0 amide bonds. The Morgan fingerprint density at radius 3 is 3.05 bits per heavy atom. The first-order chi connectivity index (χ1) is 9.81. The standard InChI is InChI=1S/C15H19ClN2OS/c1-19-11-5-6-14-13(8-11)17-15(9-16)18(14)10-12-4-2-3-7-20-12/h5-6,8,12H,2-4,7,9-10H2,1H3. The van der Waals surface area contributed by atoms with Gasteiger partial charge in [0.25, 0.3) is 0 Å². The number of fused-ring (bicyclic) bond motifs is 1. The fourth-order valence-electron chi connectivity index (χ4n) is 2.75. The van der Waals surface area contributed by atoms with Gasteiger partial charge in [-0.2, -0.15) is 11.8 Å². The molecule has 0 spiro atoms. The summed E-state index contributed by atoms with van der Waals surface area (Å²) in [6.07, 6.45) is 3.99. The van der Waals surface area contributed by atoms with Crippen molar-refractivity contribution in [2.24, 2.45) is 0 Å². The molecule has 3 rings (SSSR count). The Kier molecular flexibility index (Phi) is 4.41. The lowest BCUT2D eigenvalue weighted by molar-refractivity contribution is 0.415. The third kappa shape index (κ3) is 2.77. The van der Waals surface area contributed by atoms with Gasteiger partial charge in [-0.05, 0) is 30.7 Å². The lowest BCUT2D eigenvalue weighted by Gasteiger charge is -2.22. The fraction of sp³-hybridized carbons (Fsp3) is 0.533. The molecule has 20 heavy (non-hydrogen) atoms. The first-order valence-corrected chi connectivity index (χ1v) is 8.61. The van der Waals surface area contributed by atoms with Crippen LogP contribution in [0.1, 0.15) is 25.1 Å². The van der Waals surface area contributed by atoms with Crippen LogP contribution in [0.4, 0.5) is 0 Å². The average Bonchev–Trinajstić information content (AvgIpc) is 2.85. The molecule has 0 bridgehead atoms. The fourth-order valence-corrected chi connectivity index (χ4v) is 4.24. The third-order valence-electron chi connectivity index (χ3n) is 3.81. The summed E-state index contributed by atoms with van der Waals surface area (Å²) in [7, 11) is 1.68. The van der Waals surface area contributed by atoms with Gasteiger partial charge in [-0.15, -0.1) is 11.6 Å². The van der Waals surface area contributed by atoms with Gasteiger partial charge in [0.2, 0.25) is 0 Å². The van der Waals surface area contributed by atoms with E-state index in [-0.39, 0.29) is 0 Å². The van der Waals surface area contributed by atoms with Gasteiger partial charge in [0.15, 0.2) is 0 Å². The minimum atomic E-state index is 0.453. The van der Waals surface area contributed by atoms with E-state index < -0.39 is 0 Å². The van der Waals surface area contributed by atoms with Crippen LogP contribution in [0, 0.1) is 0 Å². The highest BCUT2D eigenvalue weighted by molar-refractivity contribution is 7.99. The van der Waals surface area contributed by atoms with Crippen molar-refractivity contribution in [2.75, 3.05) is 12.9 Å². The van der Waals surface area contributed by atoms with E-state index in [0.717, 1.165) is 29.2 Å². The Balaban J connectivity index is 1.94. The summed E-state index contributed by atoms with van der Waals surface area (Å²) in [4.78, 5) is 4.65. The minimum Gasteiger partial charge on any atom is -0.497 e. The van der Waals surface area contributed by atoms with Crippen molar-refractivity contribution in [1.29, 1.82) is 0 Å². The first kappa shape index (κ1) is 14.1. The quantitative estimate of drug-likeness (QED) is 0.797. The Hall–Kier alpha value is -0.870. The summed E-state index contributed by atoms with van der Waals surface area (Å²) in [5, 5.41) is 0.685. The van der Waals surface area contributed by atoms with Crippen LogP contribution in [0.2, 0.25) is 0 Å². The monoisotopic (exact) mass is 310 g/mol. The zero-order chi connectivity index (χ0) is 13.9. The molecule has 5 heteroatoms. The summed E-state index contributed by atoms with van der Waals surface area (Å²) in [5.41, 5.74) is 2.13. The number of alkyl halides is 1. The normalized spacial score (nSPS) is 19.4. The maximum Gasteiger partial charge on any atom is 0.124 e. The Labute approximate surface area is 128 Å². The summed E-state index contributed by atoms with van der Waals surface area (Å²) in [5.74, 6) is 3.53. The van der Waals surface area contributed by atoms with Crippen LogP contribution in [-0.2, 0) is 12.4 Å². The van der Waals surface area contributed by atoms with Crippen molar-refractivity contribution in [2.45, 2.75) is 36.9 Å². The molecular weight excluding hydrogens is 292 g/mol. The molecule has 1 aliphatic rings. The number of imidazole rings is 1. The van der Waals surface area contributed by atoms with Gasteiger partial charge >= 0.3 is 0 Å². The molecule has 0 saturated carbocycles. The molecule has 3 nitrogen and oxygen atoms in total. The number of hydrogen-bond donors (Lipinski definition) is 0. The number of ether oxygens (including phenoxy) is 1. The number of halogens is 1. The first-order valence-electron chi connectivity index (χ1n) is 7.02. The second kappa shape index (κ2) is 6.27. The maximum absolute atomic E-state index is 6.07. The Morgan fingerprint density at radius 1 is 1.45 bits per heavy atom. The van der Waals surface area contributed by atoms with Crippen molar-refractivity contribution in [3.8, 4) is 5.75 Å². The van der Waals surface area contributed by atoms with Crippen LogP contribution in [-0.4, -0.2) is 27.7 Å². The van der Waals surface area contributed by atoms with E-state index in [9.17, 15) is 0 Å². The summed E-state index contributed by atoms with van der Waals surface area (Å²) >= 11 is 8.15. The van der Waals surface area contributed by atoms with Gasteiger partial charge in [-0.1, -0.05) is 6.42 Å². The molecule has 108 valence electrons. The number of thioether (sulfide) groups is 1. The molecule has 0 N–H and O–H groups in total. The number of nitrogens with zero attached hydrogens (tertiary/aromatic N) is 2. The zero-order valence-electron chi connectivity index (χ0n) is 11.6. The van der Waals surface area contributed by atoms with E-state index in [2.05, 4.69) is 27.4 Å². The van der Waals surface area contributed by atoms with Gasteiger partial charge in [0.1, 0.15) is 11.6 Å². The van der Waals surface area contributed by atoms with E-state index >= 15 is 0 Å². The van der Waals surface area contributed by atoms with Crippen LogP contribution < -0.4 is 4.74 Å². The topological polar surface area (TPSA) is 27.1 Å². The van der Waals surface area contributed by atoms with Crippen molar-refractivity contribution in [3.05, 3.63) is 24.0 Å². The van der Waals surface area contributed by atoms with E-state index in [1.54, 1.807) is 7.11 Å². The maximum atomic E-state index is 6.07.